The second kappa shape index (κ2) is 6.39. The molecule has 0 spiro atoms. The molecule has 0 radical (unpaired) electrons. The fraction of sp³-hybridized carbons (Fsp3) is 0.500. The Hall–Kier alpha value is -0.680. The average Bonchev–Trinajstić information content (AvgIpc) is 3.11. The van der Waals surface area contributed by atoms with Crippen molar-refractivity contribution in [2.75, 3.05) is 20.1 Å². The lowest BCUT2D eigenvalue weighted by atomic mass is 9.93. The fourth-order valence-electron chi connectivity index (χ4n) is 3.03. The summed E-state index contributed by atoms with van der Waals surface area (Å²) in [5.41, 5.74) is 0. The van der Waals surface area contributed by atoms with Gasteiger partial charge in [-0.3, -0.25) is 0 Å². The van der Waals surface area contributed by atoms with Crippen LogP contribution in [0, 0.1) is 5.92 Å². The summed E-state index contributed by atoms with van der Waals surface area (Å²) >= 11 is 3.71. The number of nitrogens with zero attached hydrogens (tertiary/aromatic N) is 1. The van der Waals surface area contributed by atoms with E-state index in [-0.39, 0.29) is 0 Å². The summed E-state index contributed by atoms with van der Waals surface area (Å²) < 4.78 is 0. The minimum absolute atomic E-state index is 0.367. The van der Waals surface area contributed by atoms with E-state index in [0.717, 1.165) is 0 Å². The van der Waals surface area contributed by atoms with Gasteiger partial charge in [-0.2, -0.15) is 0 Å². The van der Waals surface area contributed by atoms with E-state index < -0.39 is 0 Å². The van der Waals surface area contributed by atoms with Crippen molar-refractivity contribution in [3.63, 3.8) is 0 Å². The highest BCUT2D eigenvalue weighted by Gasteiger charge is 2.28. The second-order valence-electron chi connectivity index (χ2n) is 5.77. The van der Waals surface area contributed by atoms with E-state index in [0.29, 0.717) is 18.0 Å². The molecular weight excluding hydrogens is 284 g/mol. The Morgan fingerprint density at radius 2 is 1.85 bits per heavy atom. The van der Waals surface area contributed by atoms with Crippen LogP contribution in [0.5, 0.6) is 0 Å². The first-order valence-electron chi connectivity index (χ1n) is 7.25. The van der Waals surface area contributed by atoms with Crippen molar-refractivity contribution in [3.8, 4) is 0 Å². The highest BCUT2D eigenvalue weighted by molar-refractivity contribution is 7.11. The van der Waals surface area contributed by atoms with Gasteiger partial charge in [-0.25, -0.2) is 0 Å². The topological polar surface area (TPSA) is 15.3 Å². The van der Waals surface area contributed by atoms with Gasteiger partial charge in [0.2, 0.25) is 0 Å². The van der Waals surface area contributed by atoms with Crippen molar-refractivity contribution in [3.05, 3.63) is 44.8 Å². The van der Waals surface area contributed by atoms with E-state index in [1.807, 2.05) is 22.7 Å². The van der Waals surface area contributed by atoms with E-state index >= 15 is 0 Å². The van der Waals surface area contributed by atoms with Crippen LogP contribution in [0.15, 0.2) is 35.0 Å². The number of likely N-dealkylation sites (tertiary alicyclic amines) is 1. The Balaban J connectivity index is 1.77. The van der Waals surface area contributed by atoms with Gasteiger partial charge in [-0.1, -0.05) is 19.1 Å². The third kappa shape index (κ3) is 3.14. The van der Waals surface area contributed by atoms with E-state index in [1.54, 1.807) is 0 Å². The normalized spacial score (nSPS) is 24.4. The minimum Gasteiger partial charge on any atom is -0.306 e. The first-order valence-corrected chi connectivity index (χ1v) is 9.01. The monoisotopic (exact) mass is 306 g/mol. The summed E-state index contributed by atoms with van der Waals surface area (Å²) in [6.07, 6.45) is 1.24. The zero-order valence-corrected chi connectivity index (χ0v) is 13.7. The first kappa shape index (κ1) is 14.3. The molecule has 2 aromatic heterocycles. The molecule has 1 N–H and O–H groups in total. The molecule has 20 heavy (non-hydrogen) atoms. The van der Waals surface area contributed by atoms with Gasteiger partial charge in [0.05, 0.1) is 6.04 Å². The fourth-order valence-corrected chi connectivity index (χ4v) is 4.71. The first-order chi connectivity index (χ1) is 9.74. The zero-order chi connectivity index (χ0) is 13.9. The van der Waals surface area contributed by atoms with Crippen molar-refractivity contribution in [2.24, 2.45) is 5.92 Å². The lowest BCUT2D eigenvalue weighted by Gasteiger charge is -2.37. The van der Waals surface area contributed by atoms with Crippen LogP contribution in [0.25, 0.3) is 0 Å². The molecule has 2 unspecified atom stereocenters. The molecule has 2 atom stereocenters. The predicted molar refractivity (Wildman–Crippen MR) is 88.7 cm³/mol. The summed E-state index contributed by atoms with van der Waals surface area (Å²) in [6.45, 7) is 4.76. The molecule has 0 aromatic carbocycles. The molecule has 1 fully saturated rings. The highest BCUT2D eigenvalue weighted by Crippen LogP contribution is 2.31. The summed E-state index contributed by atoms with van der Waals surface area (Å²) in [4.78, 5) is 5.30. The quantitative estimate of drug-likeness (QED) is 0.923. The van der Waals surface area contributed by atoms with Crippen LogP contribution in [-0.2, 0) is 0 Å². The van der Waals surface area contributed by atoms with Crippen LogP contribution >= 0.6 is 22.7 Å². The molecular formula is C16H22N2S2. The third-order valence-corrected chi connectivity index (χ3v) is 6.02. The Labute approximate surface area is 129 Å². The maximum absolute atomic E-state index is 3.93. The molecule has 4 heteroatoms. The number of nitrogens with one attached hydrogen (secondary N) is 1. The number of piperidine rings is 1. The van der Waals surface area contributed by atoms with Crippen molar-refractivity contribution < 1.29 is 0 Å². The number of hydrogen-bond donors (Lipinski definition) is 1. The predicted octanol–water partition coefficient (Wildman–Crippen LogP) is 3.83. The maximum atomic E-state index is 3.93. The molecule has 2 aromatic rings. The Bertz CT molecular complexity index is 472. The van der Waals surface area contributed by atoms with Crippen molar-refractivity contribution in [1.82, 2.24) is 10.2 Å². The van der Waals surface area contributed by atoms with Gasteiger partial charge in [0.25, 0.3) is 0 Å². The van der Waals surface area contributed by atoms with Crippen molar-refractivity contribution >= 4 is 22.7 Å². The molecule has 3 rings (SSSR count). The van der Waals surface area contributed by atoms with Gasteiger partial charge in [0.1, 0.15) is 0 Å². The molecule has 1 aliphatic heterocycles. The molecule has 0 aliphatic carbocycles. The number of thiophene rings is 2. The van der Waals surface area contributed by atoms with Gasteiger partial charge in [-0.15, -0.1) is 22.7 Å². The van der Waals surface area contributed by atoms with Crippen LogP contribution < -0.4 is 5.32 Å². The molecule has 1 aliphatic rings. The third-order valence-electron chi connectivity index (χ3n) is 4.14. The lowest BCUT2D eigenvalue weighted by molar-refractivity contribution is 0.170. The SMILES string of the molecule is CC1CN(C)CCC1NC(c1cccs1)c1cccs1. The second-order valence-corrected chi connectivity index (χ2v) is 7.72. The average molecular weight is 306 g/mol. The lowest BCUT2D eigenvalue weighted by Crippen LogP contribution is -2.48. The summed E-state index contributed by atoms with van der Waals surface area (Å²) in [5, 5.41) is 8.28. The van der Waals surface area contributed by atoms with Crippen LogP contribution in [-0.4, -0.2) is 31.1 Å². The van der Waals surface area contributed by atoms with Crippen LogP contribution in [0.1, 0.15) is 29.1 Å². The Kier molecular flexibility index (Phi) is 4.56. The van der Waals surface area contributed by atoms with Crippen LogP contribution in [0.2, 0.25) is 0 Å². The Morgan fingerprint density at radius 1 is 1.20 bits per heavy atom. The van der Waals surface area contributed by atoms with Gasteiger partial charge in [-0.05, 0) is 48.8 Å². The van der Waals surface area contributed by atoms with Gasteiger partial charge in [0.15, 0.2) is 0 Å². The van der Waals surface area contributed by atoms with Gasteiger partial charge >= 0.3 is 0 Å². The van der Waals surface area contributed by atoms with E-state index in [4.69, 9.17) is 0 Å². The summed E-state index contributed by atoms with van der Waals surface area (Å²) in [7, 11) is 2.22. The van der Waals surface area contributed by atoms with E-state index in [1.165, 1.54) is 29.3 Å². The van der Waals surface area contributed by atoms with Gasteiger partial charge < -0.3 is 10.2 Å². The standard InChI is InChI=1S/C16H22N2S2/c1-12-11-18(2)8-7-13(12)17-16(14-5-3-9-19-14)15-6-4-10-20-15/h3-6,9-10,12-13,16-17H,7-8,11H2,1-2H3. The molecule has 0 saturated carbocycles. The molecule has 1 saturated heterocycles. The van der Waals surface area contributed by atoms with Crippen LogP contribution in [0.3, 0.4) is 0 Å². The van der Waals surface area contributed by atoms with Crippen molar-refractivity contribution in [2.45, 2.75) is 25.4 Å². The largest absolute Gasteiger partial charge is 0.306 e. The molecule has 108 valence electrons. The summed E-state index contributed by atoms with van der Waals surface area (Å²) in [5.74, 6) is 0.705. The molecule has 2 nitrogen and oxygen atoms in total. The van der Waals surface area contributed by atoms with Crippen LogP contribution in [0.4, 0.5) is 0 Å². The van der Waals surface area contributed by atoms with Crippen molar-refractivity contribution in [1.29, 1.82) is 0 Å². The molecule has 0 bridgehead atoms. The number of rotatable bonds is 4. The molecule has 0 amide bonds. The molecule has 3 heterocycles. The maximum Gasteiger partial charge on any atom is 0.0767 e. The van der Waals surface area contributed by atoms with E-state index in [2.05, 4.69) is 59.2 Å². The Morgan fingerprint density at radius 3 is 2.35 bits per heavy atom. The highest BCUT2D eigenvalue weighted by atomic mass is 32.1. The minimum atomic E-state index is 0.367. The van der Waals surface area contributed by atoms with Gasteiger partial charge in [0, 0.05) is 22.3 Å². The summed E-state index contributed by atoms with van der Waals surface area (Å²) in [6, 6.07) is 9.79. The smallest absolute Gasteiger partial charge is 0.0767 e. The zero-order valence-electron chi connectivity index (χ0n) is 12.1. The number of hydrogen-bond acceptors (Lipinski definition) is 4. The van der Waals surface area contributed by atoms with E-state index in [9.17, 15) is 0 Å².